The van der Waals surface area contributed by atoms with E-state index in [2.05, 4.69) is 26.9 Å². The van der Waals surface area contributed by atoms with E-state index < -0.39 is 0 Å². The maximum absolute atomic E-state index is 12.1. The van der Waals surface area contributed by atoms with Crippen molar-refractivity contribution in [2.75, 3.05) is 40.3 Å². The van der Waals surface area contributed by atoms with Gasteiger partial charge in [0.05, 0.1) is 13.1 Å². The molecule has 0 saturated carbocycles. The van der Waals surface area contributed by atoms with Crippen LogP contribution in [0.4, 0.5) is 0 Å². The van der Waals surface area contributed by atoms with E-state index >= 15 is 0 Å². The molecule has 0 spiro atoms. The van der Waals surface area contributed by atoms with Gasteiger partial charge in [0.1, 0.15) is 0 Å². The molecule has 0 aromatic heterocycles. The molecule has 1 aromatic carbocycles. The number of likely N-dealkylation sites (N-methyl/N-ethyl adjacent to an activating group) is 1. The van der Waals surface area contributed by atoms with Gasteiger partial charge in [-0.2, -0.15) is 0 Å². The van der Waals surface area contributed by atoms with Gasteiger partial charge in [-0.15, -0.1) is 30.4 Å². The Morgan fingerprint density at radius 2 is 2.04 bits per heavy atom. The summed E-state index contributed by atoms with van der Waals surface area (Å²) in [6, 6.07) is 7.48. The summed E-state index contributed by atoms with van der Waals surface area (Å²) in [5.41, 5.74) is 1.61. The van der Waals surface area contributed by atoms with Gasteiger partial charge in [-0.05, 0) is 38.7 Å². The predicted octanol–water partition coefficient (Wildman–Crippen LogP) is 1.28. The van der Waals surface area contributed by atoms with Crippen LogP contribution in [0.1, 0.15) is 22.8 Å². The summed E-state index contributed by atoms with van der Waals surface area (Å²) in [5.74, 6) is 3.11. The molecule has 0 bridgehead atoms. The van der Waals surface area contributed by atoms with Crippen molar-refractivity contribution in [1.82, 2.24) is 20.9 Å². The highest BCUT2D eigenvalue weighted by atomic mass is 127. The minimum absolute atomic E-state index is 0. The lowest BCUT2D eigenvalue weighted by atomic mass is 10.1. The monoisotopic (exact) mass is 457 g/mol. The predicted molar refractivity (Wildman–Crippen MR) is 114 cm³/mol. The molecule has 3 N–H and O–H groups in total. The molecule has 138 valence electrons. The van der Waals surface area contributed by atoms with Gasteiger partial charge in [-0.1, -0.05) is 18.1 Å². The van der Waals surface area contributed by atoms with Gasteiger partial charge in [0, 0.05) is 25.2 Å². The van der Waals surface area contributed by atoms with Crippen molar-refractivity contribution in [2.45, 2.75) is 13.5 Å². The summed E-state index contributed by atoms with van der Waals surface area (Å²) in [6.45, 7) is 5.06. The molecule has 1 aromatic rings. The normalized spacial score (nSPS) is 10.6. The third-order valence-corrected chi connectivity index (χ3v) is 3.16. The zero-order valence-electron chi connectivity index (χ0n) is 15.1. The first-order valence-corrected chi connectivity index (χ1v) is 8.04. The Hall–Kier alpha value is -1.79. The first-order valence-electron chi connectivity index (χ1n) is 8.04. The van der Waals surface area contributed by atoms with Crippen LogP contribution in [0.5, 0.6) is 0 Å². The van der Waals surface area contributed by atoms with Crippen LogP contribution in [0.3, 0.4) is 0 Å². The number of rotatable bonds is 8. The van der Waals surface area contributed by atoms with Crippen LogP contribution < -0.4 is 16.0 Å². The molecule has 0 aliphatic heterocycles. The lowest BCUT2D eigenvalue weighted by molar-refractivity contribution is 0.0951. The molecule has 0 aliphatic rings. The summed E-state index contributed by atoms with van der Waals surface area (Å²) in [6.07, 6.45) is 5.25. The van der Waals surface area contributed by atoms with Crippen LogP contribution >= 0.6 is 24.0 Å². The van der Waals surface area contributed by atoms with Gasteiger partial charge in [0.25, 0.3) is 5.91 Å². The topological polar surface area (TPSA) is 68.8 Å². The van der Waals surface area contributed by atoms with Gasteiger partial charge in [-0.25, -0.2) is 4.99 Å². The lowest BCUT2D eigenvalue weighted by Gasteiger charge is -2.11. The first kappa shape index (κ1) is 23.2. The number of aliphatic imine (C=N–C) groups is 1. The number of hydrogen-bond donors (Lipinski definition) is 3. The van der Waals surface area contributed by atoms with E-state index in [9.17, 15) is 4.79 Å². The number of benzene rings is 1. The van der Waals surface area contributed by atoms with E-state index in [0.29, 0.717) is 31.2 Å². The van der Waals surface area contributed by atoms with Crippen LogP contribution in [-0.2, 0) is 6.54 Å². The average molecular weight is 457 g/mol. The summed E-state index contributed by atoms with van der Waals surface area (Å²) >= 11 is 0. The summed E-state index contributed by atoms with van der Waals surface area (Å²) in [5, 5.41) is 9.07. The van der Waals surface area contributed by atoms with Crippen molar-refractivity contribution < 1.29 is 4.79 Å². The van der Waals surface area contributed by atoms with E-state index in [0.717, 1.165) is 18.7 Å². The molecular formula is C18H28IN5O. The van der Waals surface area contributed by atoms with Crippen molar-refractivity contribution in [1.29, 1.82) is 0 Å². The minimum Gasteiger partial charge on any atom is -0.357 e. The molecule has 0 saturated heterocycles. The Kier molecular flexibility index (Phi) is 12.5. The fourth-order valence-corrected chi connectivity index (χ4v) is 1.95. The maximum Gasteiger partial charge on any atom is 0.251 e. The zero-order chi connectivity index (χ0) is 17.8. The van der Waals surface area contributed by atoms with Crippen molar-refractivity contribution in [3.8, 4) is 12.3 Å². The number of hydrogen-bond acceptors (Lipinski definition) is 3. The second-order valence-electron chi connectivity index (χ2n) is 5.51. The standard InChI is InChI=1S/C18H27N5O.HI/c1-5-10-21-18(19-6-2)22-14-15-8-7-9-16(13-15)17(24)20-11-12-23(3)4;/h1,7-9,13H,6,10-12,14H2,2-4H3,(H,20,24)(H2,19,21,22);1H. The molecule has 0 heterocycles. The smallest absolute Gasteiger partial charge is 0.251 e. The number of carbonyl (C=O) groups excluding carboxylic acids is 1. The van der Waals surface area contributed by atoms with Crippen LogP contribution in [0.2, 0.25) is 0 Å². The van der Waals surface area contributed by atoms with Gasteiger partial charge in [0.15, 0.2) is 5.96 Å². The second kappa shape index (κ2) is 13.5. The third kappa shape index (κ3) is 9.94. The molecule has 0 aliphatic carbocycles. The summed E-state index contributed by atoms with van der Waals surface area (Å²) in [7, 11) is 3.95. The number of terminal acetylenes is 1. The van der Waals surface area contributed by atoms with Crippen LogP contribution in [-0.4, -0.2) is 57.0 Å². The fraction of sp³-hybridized carbons (Fsp3) is 0.444. The Bertz CT molecular complexity index is 595. The van der Waals surface area contributed by atoms with Gasteiger partial charge < -0.3 is 20.9 Å². The van der Waals surface area contributed by atoms with Crippen LogP contribution in [0, 0.1) is 12.3 Å². The molecular weight excluding hydrogens is 429 g/mol. The Labute approximate surface area is 167 Å². The molecule has 1 amide bonds. The summed E-state index contributed by atoms with van der Waals surface area (Å²) < 4.78 is 0. The van der Waals surface area contributed by atoms with Crippen molar-refractivity contribution >= 4 is 35.8 Å². The van der Waals surface area contributed by atoms with Crippen molar-refractivity contribution in [3.63, 3.8) is 0 Å². The third-order valence-electron chi connectivity index (χ3n) is 3.16. The van der Waals surface area contributed by atoms with Gasteiger partial charge in [-0.3, -0.25) is 4.79 Å². The molecule has 25 heavy (non-hydrogen) atoms. The quantitative estimate of drug-likeness (QED) is 0.238. The number of nitrogens with one attached hydrogen (secondary N) is 3. The van der Waals surface area contributed by atoms with E-state index in [1.165, 1.54) is 0 Å². The van der Waals surface area contributed by atoms with E-state index in [4.69, 9.17) is 6.42 Å². The Morgan fingerprint density at radius 1 is 1.28 bits per heavy atom. The van der Waals surface area contributed by atoms with Crippen LogP contribution in [0.25, 0.3) is 0 Å². The van der Waals surface area contributed by atoms with Crippen molar-refractivity contribution in [3.05, 3.63) is 35.4 Å². The van der Waals surface area contributed by atoms with Gasteiger partial charge >= 0.3 is 0 Å². The first-order chi connectivity index (χ1) is 11.6. The van der Waals surface area contributed by atoms with Crippen LogP contribution in [0.15, 0.2) is 29.3 Å². The minimum atomic E-state index is -0.0694. The SMILES string of the molecule is C#CCNC(=NCc1cccc(C(=O)NCCN(C)C)c1)NCC.I. The molecule has 0 fully saturated rings. The highest BCUT2D eigenvalue weighted by molar-refractivity contribution is 14.0. The fourth-order valence-electron chi connectivity index (χ4n) is 1.95. The number of carbonyl (C=O) groups is 1. The number of nitrogens with zero attached hydrogens (tertiary/aromatic N) is 2. The van der Waals surface area contributed by atoms with E-state index in [1.807, 2.05) is 44.1 Å². The van der Waals surface area contributed by atoms with E-state index in [1.54, 1.807) is 6.07 Å². The Morgan fingerprint density at radius 3 is 2.68 bits per heavy atom. The highest BCUT2D eigenvalue weighted by Crippen LogP contribution is 2.06. The summed E-state index contributed by atoms with van der Waals surface area (Å²) in [4.78, 5) is 18.6. The van der Waals surface area contributed by atoms with Crippen molar-refractivity contribution in [2.24, 2.45) is 4.99 Å². The maximum atomic E-state index is 12.1. The highest BCUT2D eigenvalue weighted by Gasteiger charge is 2.06. The number of amides is 1. The molecule has 0 atom stereocenters. The molecule has 0 radical (unpaired) electrons. The molecule has 0 unspecified atom stereocenters. The number of halogens is 1. The second-order valence-corrected chi connectivity index (χ2v) is 5.51. The lowest BCUT2D eigenvalue weighted by Crippen LogP contribution is -2.37. The molecule has 1 rings (SSSR count). The number of guanidine groups is 1. The Balaban J connectivity index is 0.00000576. The molecule has 6 nitrogen and oxygen atoms in total. The van der Waals surface area contributed by atoms with Gasteiger partial charge in [0.2, 0.25) is 0 Å². The van der Waals surface area contributed by atoms with E-state index in [-0.39, 0.29) is 29.9 Å². The average Bonchev–Trinajstić information content (AvgIpc) is 2.57. The largest absolute Gasteiger partial charge is 0.357 e. The zero-order valence-corrected chi connectivity index (χ0v) is 17.5. The molecule has 7 heteroatoms.